The number of thioether (sulfide) groups is 1. The van der Waals surface area contributed by atoms with Crippen LogP contribution in [0.3, 0.4) is 0 Å². The van der Waals surface area contributed by atoms with E-state index < -0.39 is 0 Å². The second-order valence-corrected chi connectivity index (χ2v) is 5.72. The highest BCUT2D eigenvalue weighted by molar-refractivity contribution is 9.09. The Labute approximate surface area is 104 Å². The molecule has 1 aromatic carbocycles. The van der Waals surface area contributed by atoms with Crippen LogP contribution >= 0.6 is 27.7 Å². The van der Waals surface area contributed by atoms with Crippen LogP contribution in [0.5, 0.6) is 0 Å². The summed E-state index contributed by atoms with van der Waals surface area (Å²) in [5.41, 5.74) is 1.52. The highest BCUT2D eigenvalue weighted by Gasteiger charge is 2.22. The van der Waals surface area contributed by atoms with Crippen LogP contribution < -0.4 is 5.32 Å². The van der Waals surface area contributed by atoms with E-state index in [-0.39, 0.29) is 0 Å². The van der Waals surface area contributed by atoms with Crippen molar-refractivity contribution in [2.45, 2.75) is 23.8 Å². The van der Waals surface area contributed by atoms with E-state index in [1.165, 1.54) is 16.2 Å². The Kier molecular flexibility index (Phi) is 4.12. The first-order chi connectivity index (χ1) is 7.31. The number of halogens is 1. The van der Waals surface area contributed by atoms with Gasteiger partial charge in [0.25, 0.3) is 0 Å². The van der Waals surface area contributed by atoms with Crippen LogP contribution in [0.1, 0.15) is 18.4 Å². The minimum Gasteiger partial charge on any atom is -0.313 e. The molecule has 0 spiro atoms. The van der Waals surface area contributed by atoms with Crippen molar-refractivity contribution in [3.63, 3.8) is 0 Å². The van der Waals surface area contributed by atoms with Gasteiger partial charge in [0, 0.05) is 34.5 Å². The van der Waals surface area contributed by atoms with E-state index in [1.807, 2.05) is 11.8 Å². The van der Waals surface area contributed by atoms with E-state index in [2.05, 4.69) is 52.4 Å². The molecular weight excluding hydrogens is 270 g/mol. The Hall–Kier alpha value is 0.0100. The zero-order valence-electron chi connectivity index (χ0n) is 8.87. The van der Waals surface area contributed by atoms with Crippen LogP contribution in [0.2, 0.25) is 0 Å². The molecule has 0 amide bonds. The quantitative estimate of drug-likeness (QED) is 0.853. The average molecular weight is 286 g/mol. The molecule has 1 N–H and O–H groups in total. The van der Waals surface area contributed by atoms with Crippen LogP contribution in [-0.2, 0) is 0 Å². The standard InChI is InChI=1S/C12H16BrNS/c1-9(6-13)14-7-10-8-15-12-5-3-2-4-11(10)12/h2-5,9-10,14H,6-8H2,1H3. The molecule has 2 atom stereocenters. The smallest absolute Gasteiger partial charge is 0.0183 e. The first-order valence-electron chi connectivity index (χ1n) is 5.32. The molecule has 1 aromatic rings. The number of benzene rings is 1. The fourth-order valence-corrected chi connectivity index (χ4v) is 3.28. The minimum absolute atomic E-state index is 0.558. The molecule has 0 bridgehead atoms. The van der Waals surface area contributed by atoms with Crippen molar-refractivity contribution in [3.05, 3.63) is 29.8 Å². The van der Waals surface area contributed by atoms with Gasteiger partial charge in [0.05, 0.1) is 0 Å². The van der Waals surface area contributed by atoms with Gasteiger partial charge in [-0.15, -0.1) is 11.8 Å². The molecule has 1 aliphatic rings. The van der Waals surface area contributed by atoms with Crippen LogP contribution in [0, 0.1) is 0 Å². The molecule has 15 heavy (non-hydrogen) atoms. The predicted octanol–water partition coefficient (Wildman–Crippen LogP) is 3.25. The monoisotopic (exact) mass is 285 g/mol. The van der Waals surface area contributed by atoms with Gasteiger partial charge in [0.2, 0.25) is 0 Å². The molecule has 0 radical (unpaired) electrons. The summed E-state index contributed by atoms with van der Waals surface area (Å²) in [4.78, 5) is 1.47. The Balaban J connectivity index is 1.96. The summed E-state index contributed by atoms with van der Waals surface area (Å²) in [6, 6.07) is 9.32. The van der Waals surface area contributed by atoms with Gasteiger partial charge in [0.15, 0.2) is 0 Å². The van der Waals surface area contributed by atoms with Crippen molar-refractivity contribution < 1.29 is 0 Å². The van der Waals surface area contributed by atoms with Gasteiger partial charge < -0.3 is 5.32 Å². The Morgan fingerprint density at radius 1 is 1.53 bits per heavy atom. The fourth-order valence-electron chi connectivity index (χ4n) is 1.80. The molecule has 1 heterocycles. The van der Waals surface area contributed by atoms with Crippen LogP contribution in [0.15, 0.2) is 29.2 Å². The van der Waals surface area contributed by atoms with Crippen molar-refractivity contribution >= 4 is 27.7 Å². The van der Waals surface area contributed by atoms with Gasteiger partial charge in [0.1, 0.15) is 0 Å². The molecule has 82 valence electrons. The summed E-state index contributed by atoms with van der Waals surface area (Å²) < 4.78 is 0. The Bertz CT molecular complexity index is 329. The minimum atomic E-state index is 0.558. The molecule has 0 fully saturated rings. The molecule has 0 aromatic heterocycles. The number of hydrogen-bond donors (Lipinski definition) is 1. The number of nitrogens with one attached hydrogen (secondary N) is 1. The van der Waals surface area contributed by atoms with Gasteiger partial charge in [-0.05, 0) is 18.6 Å². The van der Waals surface area contributed by atoms with Crippen LogP contribution in [0.25, 0.3) is 0 Å². The second kappa shape index (κ2) is 5.37. The van der Waals surface area contributed by atoms with E-state index in [4.69, 9.17) is 0 Å². The lowest BCUT2D eigenvalue weighted by molar-refractivity contribution is 0.559. The van der Waals surface area contributed by atoms with E-state index in [9.17, 15) is 0 Å². The summed E-state index contributed by atoms with van der Waals surface area (Å²) in [7, 11) is 0. The van der Waals surface area contributed by atoms with E-state index in [1.54, 1.807) is 0 Å². The molecule has 1 nitrogen and oxygen atoms in total. The molecular formula is C12H16BrNS. The third-order valence-electron chi connectivity index (χ3n) is 2.74. The van der Waals surface area contributed by atoms with Crippen molar-refractivity contribution in [2.75, 3.05) is 17.6 Å². The lowest BCUT2D eigenvalue weighted by Crippen LogP contribution is -2.31. The first kappa shape index (κ1) is 11.5. The first-order valence-corrected chi connectivity index (χ1v) is 7.43. The van der Waals surface area contributed by atoms with Crippen molar-refractivity contribution in [2.24, 2.45) is 0 Å². The SMILES string of the molecule is CC(CBr)NCC1CSc2ccccc21. The predicted molar refractivity (Wildman–Crippen MR) is 71.2 cm³/mol. The normalized spacial score (nSPS) is 21.3. The maximum atomic E-state index is 3.55. The van der Waals surface area contributed by atoms with Crippen molar-refractivity contribution in [1.82, 2.24) is 5.32 Å². The van der Waals surface area contributed by atoms with E-state index in [0.717, 1.165) is 11.9 Å². The summed E-state index contributed by atoms with van der Waals surface area (Å²) in [6.45, 7) is 3.31. The number of alkyl halides is 1. The largest absolute Gasteiger partial charge is 0.313 e. The van der Waals surface area contributed by atoms with Crippen LogP contribution in [-0.4, -0.2) is 23.7 Å². The molecule has 3 heteroatoms. The topological polar surface area (TPSA) is 12.0 Å². The van der Waals surface area contributed by atoms with E-state index >= 15 is 0 Å². The maximum Gasteiger partial charge on any atom is 0.0183 e. The van der Waals surface area contributed by atoms with Crippen LogP contribution in [0.4, 0.5) is 0 Å². The lowest BCUT2D eigenvalue weighted by Gasteiger charge is -2.15. The Morgan fingerprint density at radius 2 is 2.33 bits per heavy atom. The molecule has 0 aliphatic carbocycles. The summed E-state index contributed by atoms with van der Waals surface area (Å²) in [5, 5.41) is 4.58. The van der Waals surface area contributed by atoms with Gasteiger partial charge in [-0.25, -0.2) is 0 Å². The maximum absolute atomic E-state index is 3.55. The highest BCUT2D eigenvalue weighted by Crippen LogP contribution is 2.38. The fraction of sp³-hybridized carbons (Fsp3) is 0.500. The zero-order chi connectivity index (χ0) is 10.7. The third-order valence-corrected chi connectivity index (χ3v) is 4.97. The van der Waals surface area contributed by atoms with Crippen molar-refractivity contribution in [3.8, 4) is 0 Å². The molecule has 0 saturated heterocycles. The number of rotatable bonds is 4. The van der Waals surface area contributed by atoms with Gasteiger partial charge in [-0.3, -0.25) is 0 Å². The average Bonchev–Trinajstić information content (AvgIpc) is 2.69. The van der Waals surface area contributed by atoms with E-state index in [0.29, 0.717) is 12.0 Å². The Morgan fingerprint density at radius 3 is 3.13 bits per heavy atom. The van der Waals surface area contributed by atoms with Crippen molar-refractivity contribution in [1.29, 1.82) is 0 Å². The number of fused-ring (bicyclic) bond motifs is 1. The van der Waals surface area contributed by atoms with Gasteiger partial charge in [-0.2, -0.15) is 0 Å². The van der Waals surface area contributed by atoms with Gasteiger partial charge in [-0.1, -0.05) is 34.1 Å². The number of hydrogen-bond acceptors (Lipinski definition) is 2. The zero-order valence-corrected chi connectivity index (χ0v) is 11.3. The lowest BCUT2D eigenvalue weighted by atomic mass is 10.0. The summed E-state index contributed by atoms with van der Waals surface area (Å²) >= 11 is 5.47. The summed E-state index contributed by atoms with van der Waals surface area (Å²) in [6.07, 6.45) is 0. The van der Waals surface area contributed by atoms with Gasteiger partial charge >= 0.3 is 0 Å². The molecule has 1 aliphatic heterocycles. The highest BCUT2D eigenvalue weighted by atomic mass is 79.9. The molecule has 2 rings (SSSR count). The molecule has 0 saturated carbocycles. The second-order valence-electron chi connectivity index (χ2n) is 4.01. The third kappa shape index (κ3) is 2.77. The summed E-state index contributed by atoms with van der Waals surface area (Å²) in [5.74, 6) is 1.91. The molecule has 2 unspecified atom stereocenters.